The molecule has 0 aliphatic heterocycles. The average Bonchev–Trinajstić information content (AvgIpc) is 2.90. The van der Waals surface area contributed by atoms with E-state index in [2.05, 4.69) is 15.8 Å². The fraction of sp³-hybridized carbons (Fsp3) is 0. The third-order valence-electron chi connectivity index (χ3n) is 5.03. The Balaban J connectivity index is 1.44. The number of halogens is 1. The van der Waals surface area contributed by atoms with Gasteiger partial charge in [0.2, 0.25) is 0 Å². The van der Waals surface area contributed by atoms with Crippen molar-refractivity contribution in [1.82, 2.24) is 5.43 Å². The van der Waals surface area contributed by atoms with Crippen LogP contribution in [0.2, 0.25) is 5.02 Å². The zero-order valence-electron chi connectivity index (χ0n) is 18.9. The summed E-state index contributed by atoms with van der Waals surface area (Å²) in [5.74, 6) is -1.13. The molecular weight excluding hydrogens is 478 g/mol. The summed E-state index contributed by atoms with van der Waals surface area (Å²) in [7, 11) is 0. The van der Waals surface area contributed by atoms with E-state index in [0.717, 1.165) is 0 Å². The molecule has 178 valence electrons. The summed E-state index contributed by atoms with van der Waals surface area (Å²) in [4.78, 5) is 37.8. The molecule has 0 heterocycles. The number of hydrogen-bond donors (Lipinski definition) is 2. The van der Waals surface area contributed by atoms with Gasteiger partial charge in [-0.15, -0.1) is 0 Å². The Kier molecular flexibility index (Phi) is 7.85. The molecule has 0 unspecified atom stereocenters. The van der Waals surface area contributed by atoms with E-state index in [-0.39, 0.29) is 11.5 Å². The quantitative estimate of drug-likeness (QED) is 0.151. The van der Waals surface area contributed by atoms with Crippen LogP contribution in [0.25, 0.3) is 0 Å². The highest BCUT2D eigenvalue weighted by Gasteiger charge is 2.14. The molecule has 2 amide bonds. The van der Waals surface area contributed by atoms with E-state index in [1.165, 1.54) is 6.21 Å². The van der Waals surface area contributed by atoms with Crippen LogP contribution in [0.4, 0.5) is 5.69 Å². The third kappa shape index (κ3) is 6.22. The van der Waals surface area contributed by atoms with Gasteiger partial charge in [-0.05, 0) is 60.7 Å². The van der Waals surface area contributed by atoms with Crippen LogP contribution in [0, 0.1) is 0 Å². The molecular formula is C28H20ClN3O4. The average molecular weight is 498 g/mol. The predicted molar refractivity (Wildman–Crippen MR) is 139 cm³/mol. The summed E-state index contributed by atoms with van der Waals surface area (Å²) >= 11 is 5.88. The molecule has 4 aromatic rings. The van der Waals surface area contributed by atoms with Gasteiger partial charge in [-0.2, -0.15) is 5.10 Å². The normalized spacial score (nSPS) is 10.6. The maximum atomic E-state index is 12.8. The second-order valence-corrected chi connectivity index (χ2v) is 7.94. The van der Waals surface area contributed by atoms with Gasteiger partial charge in [-0.1, -0.05) is 54.1 Å². The van der Waals surface area contributed by atoms with Crippen LogP contribution in [0.3, 0.4) is 0 Å². The highest BCUT2D eigenvalue weighted by molar-refractivity contribution is 6.30. The standard InChI is InChI=1S/C28H20ClN3O4/c29-22-16-14-19(15-17-22)26(33)31-24-12-6-5-11-23(24)27(34)32-30-18-21-10-4-7-13-25(21)36-28(35)20-8-2-1-3-9-20/h1-18H,(H,31,33)(H,32,34)/b30-18-. The number of nitrogens with zero attached hydrogens (tertiary/aromatic N) is 1. The lowest BCUT2D eigenvalue weighted by Crippen LogP contribution is -2.21. The minimum atomic E-state index is -0.531. The molecule has 0 bridgehead atoms. The van der Waals surface area contributed by atoms with Gasteiger partial charge in [0.1, 0.15) is 5.75 Å². The molecule has 4 aromatic carbocycles. The largest absolute Gasteiger partial charge is 0.422 e. The zero-order valence-corrected chi connectivity index (χ0v) is 19.6. The first-order valence-electron chi connectivity index (χ1n) is 10.9. The highest BCUT2D eigenvalue weighted by atomic mass is 35.5. The number of hydrogen-bond acceptors (Lipinski definition) is 5. The number of amides is 2. The number of para-hydroxylation sites is 2. The van der Waals surface area contributed by atoms with Gasteiger partial charge < -0.3 is 10.1 Å². The van der Waals surface area contributed by atoms with E-state index >= 15 is 0 Å². The molecule has 0 aromatic heterocycles. The van der Waals surface area contributed by atoms with Crippen molar-refractivity contribution in [3.05, 3.63) is 130 Å². The minimum Gasteiger partial charge on any atom is -0.422 e. The molecule has 8 heteroatoms. The van der Waals surface area contributed by atoms with E-state index in [9.17, 15) is 14.4 Å². The van der Waals surface area contributed by atoms with Gasteiger partial charge in [-0.3, -0.25) is 9.59 Å². The van der Waals surface area contributed by atoms with Crippen LogP contribution < -0.4 is 15.5 Å². The van der Waals surface area contributed by atoms with Crippen molar-refractivity contribution in [3.63, 3.8) is 0 Å². The predicted octanol–water partition coefficient (Wildman–Crippen LogP) is 5.58. The molecule has 0 saturated heterocycles. The Labute approximate surface area is 212 Å². The van der Waals surface area contributed by atoms with Crippen LogP contribution in [0.15, 0.2) is 108 Å². The molecule has 0 aliphatic rings. The summed E-state index contributed by atoms with van der Waals surface area (Å²) in [6, 6.07) is 28.4. The summed E-state index contributed by atoms with van der Waals surface area (Å²) in [6.07, 6.45) is 1.38. The van der Waals surface area contributed by atoms with Crippen molar-refractivity contribution in [2.75, 3.05) is 5.32 Å². The molecule has 0 saturated carbocycles. The van der Waals surface area contributed by atoms with Crippen molar-refractivity contribution in [2.24, 2.45) is 5.10 Å². The van der Waals surface area contributed by atoms with E-state index in [1.54, 1.807) is 103 Å². The van der Waals surface area contributed by atoms with Crippen molar-refractivity contribution in [3.8, 4) is 5.75 Å². The lowest BCUT2D eigenvalue weighted by Gasteiger charge is -2.10. The van der Waals surface area contributed by atoms with Gasteiger partial charge in [0.15, 0.2) is 0 Å². The first-order chi connectivity index (χ1) is 17.5. The molecule has 2 N–H and O–H groups in total. The number of nitrogens with one attached hydrogen (secondary N) is 2. The van der Waals surface area contributed by atoms with Crippen molar-refractivity contribution >= 4 is 41.3 Å². The minimum absolute atomic E-state index is 0.223. The first kappa shape index (κ1) is 24.4. The van der Waals surface area contributed by atoms with Gasteiger partial charge >= 0.3 is 5.97 Å². The maximum absolute atomic E-state index is 12.8. The molecule has 36 heavy (non-hydrogen) atoms. The fourth-order valence-electron chi connectivity index (χ4n) is 3.22. The Bertz CT molecular complexity index is 1420. The number of benzene rings is 4. The summed E-state index contributed by atoms with van der Waals surface area (Å²) in [5, 5.41) is 7.25. The number of ether oxygens (including phenoxy) is 1. The lowest BCUT2D eigenvalue weighted by atomic mass is 10.1. The molecule has 7 nitrogen and oxygen atoms in total. The third-order valence-corrected chi connectivity index (χ3v) is 5.28. The van der Waals surface area contributed by atoms with Crippen molar-refractivity contribution in [2.45, 2.75) is 0 Å². The number of esters is 1. The molecule has 0 radical (unpaired) electrons. The van der Waals surface area contributed by atoms with Crippen molar-refractivity contribution < 1.29 is 19.1 Å². The summed E-state index contributed by atoms with van der Waals surface area (Å²) in [5.41, 5.74) is 4.29. The molecule has 0 atom stereocenters. The Morgan fingerprint density at radius 2 is 1.39 bits per heavy atom. The maximum Gasteiger partial charge on any atom is 0.343 e. The van der Waals surface area contributed by atoms with Crippen LogP contribution in [-0.2, 0) is 0 Å². The molecule has 4 rings (SSSR count). The van der Waals surface area contributed by atoms with Crippen LogP contribution in [0.1, 0.15) is 36.6 Å². The van der Waals surface area contributed by atoms with E-state index in [0.29, 0.717) is 33.1 Å². The van der Waals surface area contributed by atoms with Gasteiger partial charge in [0, 0.05) is 16.1 Å². The van der Waals surface area contributed by atoms with Crippen LogP contribution in [-0.4, -0.2) is 24.0 Å². The second kappa shape index (κ2) is 11.6. The van der Waals surface area contributed by atoms with Crippen LogP contribution >= 0.6 is 11.6 Å². The van der Waals surface area contributed by atoms with E-state index < -0.39 is 11.9 Å². The number of anilines is 1. The highest BCUT2D eigenvalue weighted by Crippen LogP contribution is 2.19. The van der Waals surface area contributed by atoms with Crippen molar-refractivity contribution in [1.29, 1.82) is 0 Å². The molecule has 0 aliphatic carbocycles. The number of carbonyl (C=O) groups excluding carboxylic acids is 3. The molecule has 0 spiro atoms. The fourth-order valence-corrected chi connectivity index (χ4v) is 3.35. The SMILES string of the molecule is O=C(Nc1ccccc1C(=O)N/N=C\c1ccccc1OC(=O)c1ccccc1)c1ccc(Cl)cc1. The zero-order chi connectivity index (χ0) is 25.3. The topological polar surface area (TPSA) is 96.9 Å². The van der Waals surface area contributed by atoms with E-state index in [4.69, 9.17) is 16.3 Å². The van der Waals surface area contributed by atoms with Gasteiger partial charge in [-0.25, -0.2) is 10.2 Å². The molecule has 0 fully saturated rings. The van der Waals surface area contributed by atoms with Crippen LogP contribution in [0.5, 0.6) is 5.75 Å². The van der Waals surface area contributed by atoms with Gasteiger partial charge in [0.05, 0.1) is 23.0 Å². The second-order valence-electron chi connectivity index (χ2n) is 7.50. The lowest BCUT2D eigenvalue weighted by molar-refractivity contribution is 0.0734. The summed E-state index contributed by atoms with van der Waals surface area (Å²) < 4.78 is 5.49. The number of rotatable bonds is 7. The Hall–Kier alpha value is -4.75. The summed E-state index contributed by atoms with van der Waals surface area (Å²) in [6.45, 7) is 0. The number of carbonyl (C=O) groups is 3. The van der Waals surface area contributed by atoms with Gasteiger partial charge in [0.25, 0.3) is 11.8 Å². The van der Waals surface area contributed by atoms with E-state index in [1.807, 2.05) is 0 Å². The number of hydrazone groups is 1. The monoisotopic (exact) mass is 497 g/mol. The first-order valence-corrected chi connectivity index (χ1v) is 11.2. The smallest absolute Gasteiger partial charge is 0.343 e. The Morgan fingerprint density at radius 3 is 2.17 bits per heavy atom. The Morgan fingerprint density at radius 1 is 0.722 bits per heavy atom.